The van der Waals surface area contributed by atoms with Crippen molar-refractivity contribution in [3.8, 4) is 0 Å². The van der Waals surface area contributed by atoms with Crippen molar-refractivity contribution in [2.45, 2.75) is 71.1 Å². The van der Waals surface area contributed by atoms with Crippen LogP contribution in [0.1, 0.15) is 70.3 Å². The minimum atomic E-state index is -2.83. The molecule has 2 saturated carbocycles. The maximum atomic E-state index is 13.2. The fraction of sp³-hybridized carbons (Fsp3) is 0.682. The van der Waals surface area contributed by atoms with Gasteiger partial charge in [0.05, 0.1) is 0 Å². The third-order valence-electron chi connectivity index (χ3n) is 6.35. The molecule has 0 saturated heterocycles. The summed E-state index contributed by atoms with van der Waals surface area (Å²) in [6, 6.07) is 7.15. The smallest absolute Gasteiger partial charge is 0.219 e. The predicted octanol–water partition coefficient (Wildman–Crippen LogP) is 7.44. The first-order chi connectivity index (χ1) is 12.4. The third-order valence-corrected chi connectivity index (χ3v) is 6.35. The molecule has 1 aromatic rings. The van der Waals surface area contributed by atoms with Gasteiger partial charge in [-0.1, -0.05) is 44.7 Å². The molecule has 0 atom stereocenters. The van der Waals surface area contributed by atoms with E-state index in [0.29, 0.717) is 0 Å². The molecule has 2 aliphatic rings. The Morgan fingerprint density at radius 2 is 1.50 bits per heavy atom. The fourth-order valence-corrected chi connectivity index (χ4v) is 4.77. The van der Waals surface area contributed by atoms with Gasteiger partial charge in [-0.15, -0.1) is 8.78 Å². The minimum Gasteiger partial charge on any atom is -0.219 e. The highest BCUT2D eigenvalue weighted by molar-refractivity contribution is 5.55. The Balaban J connectivity index is 0.000000552. The van der Waals surface area contributed by atoms with Crippen LogP contribution in [0.15, 0.2) is 24.3 Å². The normalized spacial score (nSPS) is 28.8. The molecule has 0 unspecified atom stereocenters. The first-order valence-electron chi connectivity index (χ1n) is 10.0. The van der Waals surface area contributed by atoms with Gasteiger partial charge in [0.25, 0.3) is 0 Å². The van der Waals surface area contributed by atoms with Gasteiger partial charge in [-0.3, -0.25) is 0 Å². The van der Waals surface area contributed by atoms with Crippen molar-refractivity contribution in [2.24, 2.45) is 23.7 Å². The molecule has 0 spiro atoms. The standard InChI is InChI=1S/C21H31F.CF2O/c1-16-5-11-19(12-6-16)20-13-9-17(10-14-20)7-8-18-3-2-4-21(22)15-18;2-1(3)4/h2-4,15-17,19-20H,5-14H2,1H3;. The summed E-state index contributed by atoms with van der Waals surface area (Å²) in [6.07, 6.45) is 11.1. The van der Waals surface area contributed by atoms with Gasteiger partial charge in [0.15, 0.2) is 0 Å². The van der Waals surface area contributed by atoms with E-state index in [1.807, 2.05) is 6.07 Å². The molecule has 1 aromatic carbocycles. The average molecular weight is 368 g/mol. The van der Waals surface area contributed by atoms with Crippen molar-refractivity contribution in [2.75, 3.05) is 0 Å². The maximum absolute atomic E-state index is 13.2. The number of carbonyl (C=O) groups excluding carboxylic acids is 1. The van der Waals surface area contributed by atoms with Crippen LogP contribution in [0, 0.1) is 29.5 Å². The van der Waals surface area contributed by atoms with E-state index in [4.69, 9.17) is 4.79 Å². The average Bonchev–Trinajstić information content (AvgIpc) is 2.61. The first kappa shape index (κ1) is 21.0. The second kappa shape index (κ2) is 10.7. The molecule has 0 aliphatic heterocycles. The summed E-state index contributed by atoms with van der Waals surface area (Å²) in [6.45, 7) is 2.42. The SMILES string of the molecule is CC1CCC(C2CCC(CCc3cccc(F)c3)CC2)CC1.O=C(F)F. The molecule has 2 fully saturated rings. The van der Waals surface area contributed by atoms with Crippen LogP contribution < -0.4 is 0 Å². The van der Waals surface area contributed by atoms with Crippen molar-refractivity contribution < 1.29 is 18.0 Å². The first-order valence-corrected chi connectivity index (χ1v) is 10.0. The van der Waals surface area contributed by atoms with Crippen molar-refractivity contribution >= 4 is 6.29 Å². The van der Waals surface area contributed by atoms with Gasteiger partial charge < -0.3 is 0 Å². The summed E-state index contributed by atoms with van der Waals surface area (Å²) in [7, 11) is 0. The van der Waals surface area contributed by atoms with Crippen molar-refractivity contribution in [3.05, 3.63) is 35.6 Å². The van der Waals surface area contributed by atoms with E-state index < -0.39 is 6.29 Å². The highest BCUT2D eigenvalue weighted by Gasteiger charge is 2.29. The zero-order valence-electron chi connectivity index (χ0n) is 15.7. The van der Waals surface area contributed by atoms with Crippen LogP contribution in [0.4, 0.5) is 18.0 Å². The maximum Gasteiger partial charge on any atom is 0.483 e. The third kappa shape index (κ3) is 7.51. The Kier molecular flexibility index (Phi) is 8.67. The van der Waals surface area contributed by atoms with Crippen LogP contribution in [0.3, 0.4) is 0 Å². The monoisotopic (exact) mass is 368 g/mol. The number of carbonyl (C=O) groups is 1. The van der Waals surface area contributed by atoms with Gasteiger partial charge >= 0.3 is 6.29 Å². The lowest BCUT2D eigenvalue weighted by atomic mass is 9.69. The summed E-state index contributed by atoms with van der Waals surface area (Å²) < 4.78 is 32.6. The van der Waals surface area contributed by atoms with E-state index in [0.717, 1.165) is 30.1 Å². The van der Waals surface area contributed by atoms with E-state index in [2.05, 4.69) is 13.0 Å². The molecule has 0 heterocycles. The number of hydrogen-bond donors (Lipinski definition) is 0. The van der Waals surface area contributed by atoms with Gasteiger partial charge in [0.2, 0.25) is 0 Å². The summed E-state index contributed by atoms with van der Waals surface area (Å²) in [4.78, 5) is 8.11. The van der Waals surface area contributed by atoms with Crippen molar-refractivity contribution in [1.29, 1.82) is 0 Å². The molecule has 3 rings (SSSR count). The largest absolute Gasteiger partial charge is 0.483 e. The Morgan fingerprint density at radius 1 is 0.962 bits per heavy atom. The molecular formula is C22H31F3O. The molecule has 2 aliphatic carbocycles. The van der Waals surface area contributed by atoms with Crippen molar-refractivity contribution in [1.82, 2.24) is 0 Å². The van der Waals surface area contributed by atoms with Crippen LogP contribution in [-0.2, 0) is 6.42 Å². The van der Waals surface area contributed by atoms with E-state index in [1.54, 1.807) is 12.1 Å². The van der Waals surface area contributed by atoms with Crippen LogP contribution in [0.25, 0.3) is 0 Å². The number of halogens is 3. The fourth-order valence-electron chi connectivity index (χ4n) is 4.77. The number of aryl methyl sites for hydroxylation is 1. The van der Waals surface area contributed by atoms with Gasteiger partial charge in [0.1, 0.15) is 5.82 Å². The highest BCUT2D eigenvalue weighted by atomic mass is 19.3. The summed E-state index contributed by atoms with van der Waals surface area (Å²) in [5.41, 5.74) is 1.17. The lowest BCUT2D eigenvalue weighted by molar-refractivity contribution is 0.148. The second-order valence-corrected chi connectivity index (χ2v) is 8.20. The topological polar surface area (TPSA) is 17.1 Å². The Hall–Kier alpha value is -1.32. The van der Waals surface area contributed by atoms with Gasteiger partial charge in [-0.2, -0.15) is 0 Å². The van der Waals surface area contributed by atoms with Crippen LogP contribution in [0.5, 0.6) is 0 Å². The molecular weight excluding hydrogens is 337 g/mol. The van der Waals surface area contributed by atoms with Gasteiger partial charge in [0, 0.05) is 0 Å². The molecule has 26 heavy (non-hydrogen) atoms. The highest BCUT2D eigenvalue weighted by Crippen LogP contribution is 2.42. The van der Waals surface area contributed by atoms with Gasteiger partial charge in [-0.05, 0) is 79.9 Å². The van der Waals surface area contributed by atoms with Crippen LogP contribution >= 0.6 is 0 Å². The Bertz CT molecular complexity index is 540. The molecule has 0 aromatic heterocycles. The number of rotatable bonds is 4. The summed E-state index contributed by atoms with van der Waals surface area (Å²) in [5, 5.41) is 0. The van der Waals surface area contributed by atoms with Gasteiger partial charge in [-0.25, -0.2) is 9.18 Å². The molecule has 1 nitrogen and oxygen atoms in total. The van der Waals surface area contributed by atoms with E-state index in [-0.39, 0.29) is 5.82 Å². The van der Waals surface area contributed by atoms with Crippen LogP contribution in [0.2, 0.25) is 0 Å². The number of hydrogen-bond acceptors (Lipinski definition) is 1. The number of benzene rings is 1. The lowest BCUT2D eigenvalue weighted by Gasteiger charge is -2.37. The van der Waals surface area contributed by atoms with E-state index >= 15 is 0 Å². The molecule has 0 N–H and O–H groups in total. The quantitative estimate of drug-likeness (QED) is 0.505. The lowest BCUT2D eigenvalue weighted by Crippen LogP contribution is -2.25. The van der Waals surface area contributed by atoms with Crippen LogP contribution in [-0.4, -0.2) is 6.29 Å². The molecule has 146 valence electrons. The summed E-state index contributed by atoms with van der Waals surface area (Å²) >= 11 is 0. The zero-order chi connectivity index (χ0) is 18.9. The second-order valence-electron chi connectivity index (χ2n) is 8.20. The Labute approximate surface area is 155 Å². The Morgan fingerprint density at radius 3 is 2.04 bits per heavy atom. The minimum absolute atomic E-state index is 0.0901. The molecule has 4 heteroatoms. The summed E-state index contributed by atoms with van der Waals surface area (Å²) in [5.74, 6) is 3.80. The van der Waals surface area contributed by atoms with E-state index in [9.17, 15) is 13.2 Å². The molecule has 0 bridgehead atoms. The molecule has 0 radical (unpaired) electrons. The predicted molar refractivity (Wildman–Crippen MR) is 98.9 cm³/mol. The van der Waals surface area contributed by atoms with Crippen molar-refractivity contribution in [3.63, 3.8) is 0 Å². The zero-order valence-corrected chi connectivity index (χ0v) is 15.7. The van der Waals surface area contributed by atoms with E-state index in [1.165, 1.54) is 63.4 Å². The molecule has 0 amide bonds.